The van der Waals surface area contributed by atoms with E-state index >= 15 is 0 Å². The fourth-order valence-electron chi connectivity index (χ4n) is 2.15. The van der Waals surface area contributed by atoms with Crippen LogP contribution in [-0.2, 0) is 10.0 Å². The molecule has 0 bridgehead atoms. The average molecular weight is 320 g/mol. The van der Waals surface area contributed by atoms with Crippen molar-refractivity contribution in [2.45, 2.75) is 19.4 Å². The van der Waals surface area contributed by atoms with Gasteiger partial charge in [-0.15, -0.1) is 0 Å². The molecule has 1 heterocycles. The zero-order chi connectivity index (χ0) is 14.6. The van der Waals surface area contributed by atoms with Gasteiger partial charge in [0.2, 0.25) is 10.0 Å². The summed E-state index contributed by atoms with van der Waals surface area (Å²) in [5.41, 5.74) is 0. The molecule has 0 aromatic rings. The first-order chi connectivity index (χ1) is 9.53. The number of nitrogens with one attached hydrogen (secondary N) is 2. The molecule has 2 N–H and O–H groups in total. The number of guanidine groups is 1. The minimum absolute atomic E-state index is 0.124. The zero-order valence-corrected chi connectivity index (χ0v) is 13.8. The fraction of sp³-hybridized carbons (Fsp3) is 0.917. The Morgan fingerprint density at radius 3 is 2.60 bits per heavy atom. The van der Waals surface area contributed by atoms with Crippen LogP contribution in [0.15, 0.2) is 4.99 Å². The van der Waals surface area contributed by atoms with Crippen molar-refractivity contribution in [3.8, 4) is 0 Å². The predicted molar refractivity (Wildman–Crippen MR) is 84.8 cm³/mol. The van der Waals surface area contributed by atoms with Crippen molar-refractivity contribution in [3.05, 3.63) is 0 Å². The first-order valence-corrected chi connectivity index (χ1v) is 9.82. The molecule has 0 amide bonds. The van der Waals surface area contributed by atoms with E-state index in [1.165, 1.54) is 0 Å². The number of thioether (sulfide) groups is 1. The normalized spacial score (nSPS) is 28.2. The topological polar surface area (TPSA) is 73.8 Å². The quantitative estimate of drug-likeness (QED) is 0.548. The lowest BCUT2D eigenvalue weighted by Crippen LogP contribution is -2.44. The summed E-state index contributed by atoms with van der Waals surface area (Å²) in [7, 11) is -1.43. The molecule has 0 aromatic heterocycles. The number of nitrogens with zero attached hydrogens (tertiary/aromatic N) is 2. The monoisotopic (exact) mass is 320 g/mol. The van der Waals surface area contributed by atoms with Crippen molar-refractivity contribution in [2.24, 2.45) is 10.9 Å². The second-order valence-electron chi connectivity index (χ2n) is 5.29. The van der Waals surface area contributed by atoms with Crippen molar-refractivity contribution in [1.82, 2.24) is 14.9 Å². The summed E-state index contributed by atoms with van der Waals surface area (Å²) in [5, 5.41) is 6.37. The van der Waals surface area contributed by atoms with E-state index in [4.69, 9.17) is 0 Å². The summed E-state index contributed by atoms with van der Waals surface area (Å²) in [6.07, 6.45) is 1.16. The van der Waals surface area contributed by atoms with Gasteiger partial charge in [-0.05, 0) is 12.3 Å². The SMILES string of the molecule is CN=C(NCCS(=O)(=O)N1CCSCC1)NC1CC1C. The highest BCUT2D eigenvalue weighted by Gasteiger charge is 2.33. The number of rotatable bonds is 5. The van der Waals surface area contributed by atoms with Gasteiger partial charge in [-0.25, -0.2) is 12.7 Å². The van der Waals surface area contributed by atoms with Crippen molar-refractivity contribution >= 4 is 27.7 Å². The number of hydrogen-bond acceptors (Lipinski definition) is 4. The lowest BCUT2D eigenvalue weighted by atomic mass is 10.5. The smallest absolute Gasteiger partial charge is 0.215 e. The summed E-state index contributed by atoms with van der Waals surface area (Å²) in [6.45, 7) is 3.86. The Kier molecular flexibility index (Phi) is 5.57. The first kappa shape index (κ1) is 15.9. The van der Waals surface area contributed by atoms with Gasteiger partial charge < -0.3 is 10.6 Å². The molecular weight excluding hydrogens is 296 g/mol. The summed E-state index contributed by atoms with van der Waals surface area (Å²) in [4.78, 5) is 4.12. The van der Waals surface area contributed by atoms with Crippen molar-refractivity contribution < 1.29 is 8.42 Å². The molecule has 2 rings (SSSR count). The fourth-order valence-corrected chi connectivity index (χ4v) is 4.64. The standard InChI is InChI=1S/C12H24N4O2S2/c1-10-9-11(10)15-12(13-2)14-3-8-20(17,18)16-4-6-19-7-5-16/h10-11H,3-9H2,1-2H3,(H2,13,14,15). The lowest BCUT2D eigenvalue weighted by molar-refractivity contribution is 0.443. The van der Waals surface area contributed by atoms with Crippen LogP contribution in [0, 0.1) is 5.92 Å². The van der Waals surface area contributed by atoms with Gasteiger partial charge in [-0.3, -0.25) is 4.99 Å². The highest BCUT2D eigenvalue weighted by atomic mass is 32.2. The van der Waals surface area contributed by atoms with Crippen LogP contribution in [0.25, 0.3) is 0 Å². The Labute approximate surface area is 125 Å². The molecule has 1 saturated heterocycles. The average Bonchev–Trinajstić information content (AvgIpc) is 3.14. The maximum atomic E-state index is 12.2. The Balaban J connectivity index is 1.73. The van der Waals surface area contributed by atoms with Gasteiger partial charge in [0.25, 0.3) is 0 Å². The third kappa shape index (κ3) is 4.53. The maximum Gasteiger partial charge on any atom is 0.215 e. The Morgan fingerprint density at radius 1 is 1.40 bits per heavy atom. The minimum atomic E-state index is -3.14. The highest BCUT2D eigenvalue weighted by Crippen LogP contribution is 2.28. The van der Waals surface area contributed by atoms with Gasteiger partial charge in [0.05, 0.1) is 5.75 Å². The molecule has 1 aliphatic carbocycles. The first-order valence-electron chi connectivity index (χ1n) is 7.05. The molecule has 20 heavy (non-hydrogen) atoms. The number of sulfonamides is 1. The minimum Gasteiger partial charge on any atom is -0.355 e. The van der Waals surface area contributed by atoms with E-state index < -0.39 is 10.0 Å². The molecular formula is C12H24N4O2S2. The van der Waals surface area contributed by atoms with Crippen LogP contribution in [0.5, 0.6) is 0 Å². The third-order valence-corrected chi connectivity index (χ3v) is 6.49. The molecule has 1 saturated carbocycles. The van der Waals surface area contributed by atoms with Gasteiger partial charge in [0.1, 0.15) is 0 Å². The van der Waals surface area contributed by atoms with Gasteiger partial charge in [0, 0.05) is 44.2 Å². The van der Waals surface area contributed by atoms with Crippen molar-refractivity contribution in [2.75, 3.05) is 43.9 Å². The summed E-state index contributed by atoms with van der Waals surface area (Å²) >= 11 is 1.81. The molecule has 0 aromatic carbocycles. The zero-order valence-electron chi connectivity index (χ0n) is 12.1. The summed E-state index contributed by atoms with van der Waals surface area (Å²) < 4.78 is 25.9. The maximum absolute atomic E-state index is 12.2. The molecule has 1 aliphatic heterocycles. The summed E-state index contributed by atoms with van der Waals surface area (Å²) in [5.74, 6) is 3.30. The molecule has 2 fully saturated rings. The van der Waals surface area contributed by atoms with Crippen LogP contribution in [0.3, 0.4) is 0 Å². The van der Waals surface area contributed by atoms with Crippen molar-refractivity contribution in [1.29, 1.82) is 0 Å². The van der Waals surface area contributed by atoms with Crippen LogP contribution in [0.1, 0.15) is 13.3 Å². The third-order valence-electron chi connectivity index (χ3n) is 3.67. The van der Waals surface area contributed by atoms with E-state index in [1.807, 2.05) is 11.8 Å². The van der Waals surface area contributed by atoms with E-state index in [9.17, 15) is 8.42 Å². The number of aliphatic imine (C=N–C) groups is 1. The van der Waals surface area contributed by atoms with Gasteiger partial charge in [-0.2, -0.15) is 11.8 Å². The Hall–Kier alpha value is -0.470. The Bertz CT molecular complexity index is 446. The summed E-state index contributed by atoms with van der Waals surface area (Å²) in [6, 6.07) is 0.483. The van der Waals surface area contributed by atoms with Gasteiger partial charge >= 0.3 is 0 Å². The van der Waals surface area contributed by atoms with Crippen LogP contribution < -0.4 is 10.6 Å². The largest absolute Gasteiger partial charge is 0.355 e. The van der Waals surface area contributed by atoms with E-state index in [-0.39, 0.29) is 5.75 Å². The van der Waals surface area contributed by atoms with Crippen molar-refractivity contribution in [3.63, 3.8) is 0 Å². The van der Waals surface area contributed by atoms with Crippen LogP contribution >= 0.6 is 11.8 Å². The number of hydrogen-bond donors (Lipinski definition) is 2. The molecule has 6 nitrogen and oxygen atoms in total. The van der Waals surface area contributed by atoms with Gasteiger partial charge in [-0.1, -0.05) is 6.92 Å². The van der Waals surface area contributed by atoms with E-state index in [1.54, 1.807) is 11.4 Å². The second kappa shape index (κ2) is 7.00. The molecule has 8 heteroatoms. The predicted octanol–water partition coefficient (Wildman–Crippen LogP) is -0.0616. The Morgan fingerprint density at radius 2 is 2.05 bits per heavy atom. The molecule has 0 radical (unpaired) electrons. The van der Waals surface area contributed by atoms with Crippen LogP contribution in [0.2, 0.25) is 0 Å². The molecule has 0 spiro atoms. The van der Waals surface area contributed by atoms with E-state index in [0.717, 1.165) is 17.9 Å². The molecule has 2 atom stereocenters. The molecule has 116 valence electrons. The van der Waals surface area contributed by atoms with Crippen LogP contribution in [0.4, 0.5) is 0 Å². The lowest BCUT2D eigenvalue weighted by Gasteiger charge is -2.25. The molecule has 2 aliphatic rings. The molecule has 2 unspecified atom stereocenters. The van der Waals surface area contributed by atoms with Gasteiger partial charge in [0.15, 0.2) is 5.96 Å². The van der Waals surface area contributed by atoms with E-state index in [2.05, 4.69) is 22.5 Å². The van der Waals surface area contributed by atoms with Crippen LogP contribution in [-0.4, -0.2) is 68.7 Å². The highest BCUT2D eigenvalue weighted by molar-refractivity contribution is 7.99. The second-order valence-corrected chi connectivity index (χ2v) is 8.60. The van der Waals surface area contributed by atoms with E-state index in [0.29, 0.717) is 37.6 Å².